The van der Waals surface area contributed by atoms with Gasteiger partial charge in [0.1, 0.15) is 29.5 Å². The summed E-state index contributed by atoms with van der Waals surface area (Å²) in [5, 5.41) is 30.4. The number of anilines is 2. The second-order valence-corrected chi connectivity index (χ2v) is 32.7. The van der Waals surface area contributed by atoms with E-state index in [0.717, 1.165) is 67.8 Å². The van der Waals surface area contributed by atoms with E-state index in [2.05, 4.69) is 153 Å². The molecule has 7 nitrogen and oxygen atoms in total. The van der Waals surface area contributed by atoms with Crippen LogP contribution in [0, 0.1) is 57.2 Å². The molecule has 4 aromatic rings. The van der Waals surface area contributed by atoms with Gasteiger partial charge in [-0.25, -0.2) is 0 Å². The van der Waals surface area contributed by atoms with Crippen molar-refractivity contribution < 1.29 is 27.1 Å². The number of rotatable bonds is 17. The molecule has 4 saturated carbocycles. The maximum atomic E-state index is 15.9. The average Bonchev–Trinajstić information content (AvgIpc) is 4.07. The van der Waals surface area contributed by atoms with E-state index in [-0.39, 0.29) is 33.3 Å². The summed E-state index contributed by atoms with van der Waals surface area (Å²) in [7, 11) is -0.234. The highest BCUT2D eigenvalue weighted by Gasteiger charge is 2.65. The summed E-state index contributed by atoms with van der Waals surface area (Å²) in [6, 6.07) is 34.4. The van der Waals surface area contributed by atoms with Crippen LogP contribution in [-0.4, -0.2) is 34.8 Å². The molecular formula is C71H81F3N4O3SSi. The van der Waals surface area contributed by atoms with Crippen molar-refractivity contribution in [1.82, 2.24) is 0 Å². The number of alkyl halides is 3. The molecule has 1 heterocycles. The fourth-order valence-corrected chi connectivity index (χ4v) is 16.6. The number of thioether (sulfide) groups is 1. The van der Waals surface area contributed by atoms with Gasteiger partial charge in [0, 0.05) is 44.4 Å². The van der Waals surface area contributed by atoms with Crippen molar-refractivity contribution in [2.24, 2.45) is 23.2 Å². The molecule has 0 saturated heterocycles. The molecule has 4 fully saturated rings. The van der Waals surface area contributed by atoms with Crippen LogP contribution in [0.5, 0.6) is 5.75 Å². The van der Waals surface area contributed by atoms with Crippen LogP contribution < -0.4 is 9.64 Å². The summed E-state index contributed by atoms with van der Waals surface area (Å²) in [5.74, 6) is 3.10. The van der Waals surface area contributed by atoms with Crippen molar-refractivity contribution in [2.45, 2.75) is 166 Å². The smallest absolute Gasteiger partial charge is 0.437 e. The summed E-state index contributed by atoms with van der Waals surface area (Å²) < 4.78 is 66.4. The quantitative estimate of drug-likeness (QED) is 0.0761. The first kappa shape index (κ1) is 61.1. The van der Waals surface area contributed by atoms with Gasteiger partial charge < -0.3 is 18.8 Å². The van der Waals surface area contributed by atoms with Crippen LogP contribution in [-0.2, 0) is 20.2 Å². The molecule has 434 valence electrons. The van der Waals surface area contributed by atoms with Crippen LogP contribution >= 0.6 is 11.8 Å². The predicted molar refractivity (Wildman–Crippen MR) is 332 cm³/mol. The van der Waals surface area contributed by atoms with E-state index in [9.17, 15) is 15.8 Å². The number of methoxy groups -OCH3 is 1. The Morgan fingerprint density at radius 3 is 1.94 bits per heavy atom. The Kier molecular flexibility index (Phi) is 17.6. The lowest BCUT2D eigenvalue weighted by atomic mass is 9.48. The van der Waals surface area contributed by atoms with Gasteiger partial charge >= 0.3 is 6.18 Å². The Morgan fingerprint density at radius 1 is 0.795 bits per heavy atom. The lowest BCUT2D eigenvalue weighted by Gasteiger charge is -2.57. The zero-order valence-electron chi connectivity index (χ0n) is 50.6. The number of hydrogen-bond acceptors (Lipinski definition) is 8. The largest absolute Gasteiger partial charge is 0.496 e. The normalized spacial score (nSPS) is 23.8. The molecular weight excluding hydrogens is 1070 g/mol. The summed E-state index contributed by atoms with van der Waals surface area (Å²) in [6.07, 6.45) is 13.1. The molecule has 6 aliphatic rings. The first-order valence-electron chi connectivity index (χ1n) is 29.6. The van der Waals surface area contributed by atoms with E-state index in [4.69, 9.17) is 13.9 Å². The molecule has 10 rings (SSSR count). The highest BCUT2D eigenvalue weighted by molar-refractivity contribution is 8.03. The van der Waals surface area contributed by atoms with Gasteiger partial charge in [-0.3, -0.25) is 0 Å². The van der Waals surface area contributed by atoms with Crippen molar-refractivity contribution in [3.05, 3.63) is 182 Å². The highest BCUT2D eigenvalue weighted by Crippen LogP contribution is 2.63. The molecule has 1 aliphatic heterocycles. The van der Waals surface area contributed by atoms with Gasteiger partial charge in [-0.05, 0) is 168 Å². The maximum absolute atomic E-state index is 15.9. The van der Waals surface area contributed by atoms with Crippen LogP contribution in [0.4, 0.5) is 24.5 Å². The maximum Gasteiger partial charge on any atom is 0.437 e. The zero-order valence-corrected chi connectivity index (χ0v) is 52.4. The van der Waals surface area contributed by atoms with E-state index >= 15 is 13.2 Å². The minimum Gasteiger partial charge on any atom is -0.496 e. The van der Waals surface area contributed by atoms with E-state index in [1.807, 2.05) is 19.3 Å². The van der Waals surface area contributed by atoms with E-state index < -0.39 is 42.6 Å². The van der Waals surface area contributed by atoms with Gasteiger partial charge in [-0.15, -0.1) is 0 Å². The minimum atomic E-state index is -5.11. The van der Waals surface area contributed by atoms with Crippen molar-refractivity contribution >= 4 is 37.5 Å². The van der Waals surface area contributed by atoms with Crippen molar-refractivity contribution in [1.29, 1.82) is 15.8 Å². The van der Waals surface area contributed by atoms with Crippen LogP contribution in [0.15, 0.2) is 159 Å². The minimum absolute atomic E-state index is 0.0725. The fraction of sp³-hybridized carbons (Fsp3) is 0.451. The lowest BCUT2D eigenvalue weighted by molar-refractivity contribution is -0.249. The SMILES string of the molecule is COc1ccc(N(CCO[Si](C)(C)C(C)(C)C)c2ccc(/C=C/C3=C(Sc4c(C(C)C)cccc4C(C)C)C(=C/C=C/C4=C(C#N)C(=C(C#N)C#N)OC4(c4ccccc4)C(F)(F)F)/CC(C)(C)C3)cc2)cc1C12CC3CC(CC(C3)C1)C2. The molecule has 1 atom stereocenters. The summed E-state index contributed by atoms with van der Waals surface area (Å²) in [5.41, 5.74) is 3.70. The third-order valence-corrected chi connectivity index (χ3v) is 24.6. The van der Waals surface area contributed by atoms with Crippen LogP contribution in [0.25, 0.3) is 6.08 Å². The van der Waals surface area contributed by atoms with Crippen molar-refractivity contribution in [2.75, 3.05) is 25.2 Å². The number of benzene rings is 4. The Balaban J connectivity index is 1.14. The summed E-state index contributed by atoms with van der Waals surface area (Å²) in [6.45, 7) is 25.9. The number of nitrogens with zero attached hydrogens (tertiary/aromatic N) is 4. The molecule has 5 aliphatic carbocycles. The van der Waals surface area contributed by atoms with Gasteiger partial charge in [0.15, 0.2) is 19.6 Å². The van der Waals surface area contributed by atoms with Crippen molar-refractivity contribution in [3.8, 4) is 24.0 Å². The molecule has 0 radical (unpaired) electrons. The molecule has 12 heteroatoms. The fourth-order valence-electron chi connectivity index (χ4n) is 14.0. The topological polar surface area (TPSA) is 102 Å². The first-order chi connectivity index (χ1) is 39.3. The number of allylic oxidation sites excluding steroid dienone is 7. The zero-order chi connectivity index (χ0) is 59.9. The van der Waals surface area contributed by atoms with Crippen LogP contribution in [0.1, 0.15) is 153 Å². The number of hydrogen-bond donors (Lipinski definition) is 0. The number of halogens is 3. The van der Waals surface area contributed by atoms with Gasteiger partial charge in [0.2, 0.25) is 0 Å². The van der Waals surface area contributed by atoms with Gasteiger partial charge in [0.05, 0.1) is 13.7 Å². The average molecular weight is 1160 g/mol. The number of ether oxygens (including phenoxy) is 2. The molecule has 0 spiro atoms. The lowest BCUT2D eigenvalue weighted by Crippen LogP contribution is -2.48. The molecule has 1 unspecified atom stereocenters. The van der Waals surface area contributed by atoms with E-state index in [1.54, 1.807) is 36.0 Å². The number of nitriles is 3. The second-order valence-electron chi connectivity index (χ2n) is 26.8. The molecule has 83 heavy (non-hydrogen) atoms. The molecule has 0 amide bonds. The van der Waals surface area contributed by atoms with Crippen LogP contribution in [0.3, 0.4) is 0 Å². The van der Waals surface area contributed by atoms with E-state index in [0.29, 0.717) is 19.6 Å². The standard InChI is InChI=1S/C71H81F3N4O3SSi/c1-46(2)58-21-17-22-59(47(3)4)66(58)82-65-52(18-16-23-61-60(45-77)64(54(43-75)44-76)81-70(61,71(72,73)74)55-19-14-13-15-20-55)41-68(8,9)42-53(65)27-24-48-25-28-56(29-26-48)78(32-33-80-83(11,12)67(5,6)7)57-30-31-63(79-10)62(37-57)69-38-49-34-50(39-69)36-51(35-49)40-69/h13-31,37,46-47,49-51H,32-36,38-42H2,1-12H3/b23-16+,27-24+,52-18+. The van der Waals surface area contributed by atoms with Gasteiger partial charge in [-0.2, -0.15) is 29.0 Å². The molecule has 0 N–H and O–H groups in total. The third kappa shape index (κ3) is 12.2. The first-order valence-corrected chi connectivity index (χ1v) is 33.3. The van der Waals surface area contributed by atoms with Crippen molar-refractivity contribution in [3.63, 3.8) is 0 Å². The van der Waals surface area contributed by atoms with Gasteiger partial charge in [0.25, 0.3) is 5.60 Å². The highest BCUT2D eigenvalue weighted by atomic mass is 32.2. The second kappa shape index (κ2) is 23.9. The Bertz CT molecular complexity index is 3350. The summed E-state index contributed by atoms with van der Waals surface area (Å²) >= 11 is 1.71. The Labute approximate surface area is 497 Å². The van der Waals surface area contributed by atoms with Crippen LogP contribution in [0.2, 0.25) is 18.1 Å². The molecule has 4 aromatic carbocycles. The Hall–Kier alpha value is -6.49. The van der Waals surface area contributed by atoms with E-state index in [1.165, 1.54) is 85.6 Å². The Morgan fingerprint density at radius 2 is 1.40 bits per heavy atom. The predicted octanol–water partition coefficient (Wildman–Crippen LogP) is 19.5. The summed E-state index contributed by atoms with van der Waals surface area (Å²) in [4.78, 5) is 4.59. The third-order valence-electron chi connectivity index (χ3n) is 18.6. The molecule has 4 bridgehead atoms. The molecule has 0 aromatic heterocycles. The van der Waals surface area contributed by atoms with Gasteiger partial charge in [-0.1, -0.05) is 165 Å². The monoisotopic (exact) mass is 1150 g/mol.